The van der Waals surface area contributed by atoms with Crippen LogP contribution in [-0.4, -0.2) is 43.7 Å². The molecule has 2 rings (SSSR count). The molecule has 0 N–H and O–H groups in total. The second-order valence-corrected chi connectivity index (χ2v) is 9.03. The van der Waals surface area contributed by atoms with Crippen LogP contribution < -0.4 is 0 Å². The number of likely N-dealkylation sites (N-methyl/N-ethyl adjacent to an activating group) is 2. The van der Waals surface area contributed by atoms with Crippen molar-refractivity contribution in [1.82, 2.24) is 9.21 Å². The van der Waals surface area contributed by atoms with Gasteiger partial charge in [-0.15, -0.1) is 0 Å². The van der Waals surface area contributed by atoms with E-state index >= 15 is 0 Å². The lowest BCUT2D eigenvalue weighted by atomic mass is 10.1. The zero-order valence-electron chi connectivity index (χ0n) is 16.1. The highest BCUT2D eigenvalue weighted by atomic mass is 35.5. The van der Waals surface area contributed by atoms with Crippen LogP contribution in [0.25, 0.3) is 0 Å². The highest BCUT2D eigenvalue weighted by Gasteiger charge is 2.25. The first-order chi connectivity index (χ1) is 12.6. The van der Waals surface area contributed by atoms with Gasteiger partial charge in [0.1, 0.15) is 0 Å². The molecule has 0 spiro atoms. The monoisotopic (exact) mass is 408 g/mol. The lowest BCUT2D eigenvalue weighted by Crippen LogP contribution is -2.40. The van der Waals surface area contributed by atoms with E-state index in [4.69, 9.17) is 11.6 Å². The predicted octanol–water partition coefficient (Wildman–Crippen LogP) is 3.63. The van der Waals surface area contributed by atoms with Gasteiger partial charge in [-0.2, -0.15) is 4.31 Å². The fraction of sp³-hybridized carbons (Fsp3) is 0.350. The number of carbonyl (C=O) groups is 1. The zero-order valence-corrected chi connectivity index (χ0v) is 17.6. The quantitative estimate of drug-likeness (QED) is 0.702. The van der Waals surface area contributed by atoms with E-state index in [0.29, 0.717) is 18.1 Å². The summed E-state index contributed by atoms with van der Waals surface area (Å²) in [5.74, 6) is -0.257. The van der Waals surface area contributed by atoms with Gasteiger partial charge in [0, 0.05) is 25.2 Å². The lowest BCUT2D eigenvalue weighted by molar-refractivity contribution is -0.131. The maximum absolute atomic E-state index is 12.8. The highest BCUT2D eigenvalue weighted by molar-refractivity contribution is 7.89. The van der Waals surface area contributed by atoms with Crippen molar-refractivity contribution in [1.29, 1.82) is 0 Å². The third-order valence-electron chi connectivity index (χ3n) is 4.54. The summed E-state index contributed by atoms with van der Waals surface area (Å²) >= 11 is 6.00. The molecular formula is C20H25ClN2O3S. The maximum Gasteiger partial charge on any atom is 0.243 e. The molecule has 0 saturated carbocycles. The van der Waals surface area contributed by atoms with Crippen LogP contribution >= 0.6 is 11.6 Å². The van der Waals surface area contributed by atoms with E-state index in [1.54, 1.807) is 35.2 Å². The molecule has 0 heterocycles. The Morgan fingerprint density at radius 3 is 2.37 bits per heavy atom. The Hall–Kier alpha value is -1.89. The third-order valence-corrected chi connectivity index (χ3v) is 6.58. The average Bonchev–Trinajstić information content (AvgIpc) is 2.61. The van der Waals surface area contributed by atoms with Gasteiger partial charge in [-0.3, -0.25) is 4.79 Å². The normalized spacial score (nSPS) is 11.6. The van der Waals surface area contributed by atoms with E-state index in [0.717, 1.165) is 21.0 Å². The minimum atomic E-state index is -3.73. The van der Waals surface area contributed by atoms with Crippen molar-refractivity contribution in [2.45, 2.75) is 32.2 Å². The van der Waals surface area contributed by atoms with Crippen molar-refractivity contribution in [3.63, 3.8) is 0 Å². The molecule has 0 aliphatic heterocycles. The molecule has 0 aliphatic rings. The molecule has 7 heteroatoms. The first-order valence-electron chi connectivity index (χ1n) is 8.71. The molecule has 0 aromatic heterocycles. The molecule has 0 atom stereocenters. The highest BCUT2D eigenvalue weighted by Crippen LogP contribution is 2.19. The van der Waals surface area contributed by atoms with Gasteiger partial charge >= 0.3 is 0 Å². The fourth-order valence-electron chi connectivity index (χ4n) is 2.66. The van der Waals surface area contributed by atoms with Crippen LogP contribution in [0.2, 0.25) is 5.02 Å². The molecule has 0 radical (unpaired) electrons. The lowest BCUT2D eigenvalue weighted by Gasteiger charge is -2.24. The minimum Gasteiger partial charge on any atom is -0.338 e. The second-order valence-electron chi connectivity index (χ2n) is 6.54. The standard InChI is InChI=1S/C20H25ClN2O3S/c1-5-23(13-17-7-6-8-18(21)12-17)20(24)14-22(4)27(25,26)19-10-9-15(2)16(3)11-19/h6-12H,5,13-14H2,1-4H3. The van der Waals surface area contributed by atoms with Crippen LogP contribution in [0.15, 0.2) is 47.4 Å². The van der Waals surface area contributed by atoms with Crippen molar-refractivity contribution in [3.8, 4) is 0 Å². The summed E-state index contributed by atoms with van der Waals surface area (Å²) in [5.41, 5.74) is 2.82. The summed E-state index contributed by atoms with van der Waals surface area (Å²) in [5, 5.41) is 0.602. The molecule has 0 bridgehead atoms. The summed E-state index contributed by atoms with van der Waals surface area (Å²) in [6.45, 7) is 6.29. The van der Waals surface area contributed by atoms with Crippen LogP contribution in [0.4, 0.5) is 0 Å². The van der Waals surface area contributed by atoms with Gasteiger partial charge in [0.15, 0.2) is 0 Å². The Morgan fingerprint density at radius 2 is 1.78 bits per heavy atom. The Kier molecular flexibility index (Phi) is 7.03. The number of benzene rings is 2. The van der Waals surface area contributed by atoms with Crippen molar-refractivity contribution < 1.29 is 13.2 Å². The Morgan fingerprint density at radius 1 is 1.07 bits per heavy atom. The molecule has 0 unspecified atom stereocenters. The molecule has 0 saturated heterocycles. The summed E-state index contributed by atoms with van der Waals surface area (Å²) in [6, 6.07) is 12.3. The van der Waals surface area contributed by atoms with Gasteiger partial charge in [0.25, 0.3) is 0 Å². The van der Waals surface area contributed by atoms with Crippen LogP contribution in [0, 0.1) is 13.8 Å². The van der Waals surface area contributed by atoms with Crippen molar-refractivity contribution in [3.05, 3.63) is 64.2 Å². The molecule has 0 aliphatic carbocycles. The summed E-state index contributed by atoms with van der Waals surface area (Å²) in [7, 11) is -2.30. The second kappa shape index (κ2) is 8.87. The number of rotatable bonds is 7. The predicted molar refractivity (Wildman–Crippen MR) is 108 cm³/mol. The van der Waals surface area contributed by atoms with E-state index in [-0.39, 0.29) is 17.3 Å². The van der Waals surface area contributed by atoms with E-state index in [1.165, 1.54) is 7.05 Å². The maximum atomic E-state index is 12.8. The van der Waals surface area contributed by atoms with Crippen LogP contribution in [0.5, 0.6) is 0 Å². The third kappa shape index (κ3) is 5.31. The largest absolute Gasteiger partial charge is 0.338 e. The first kappa shape index (κ1) is 21.4. The molecule has 2 aromatic rings. The Labute approximate surface area is 166 Å². The number of hydrogen-bond acceptors (Lipinski definition) is 3. The Bertz CT molecular complexity index is 929. The fourth-order valence-corrected chi connectivity index (χ4v) is 4.08. The first-order valence-corrected chi connectivity index (χ1v) is 10.5. The van der Waals surface area contributed by atoms with Gasteiger partial charge in [0.2, 0.25) is 15.9 Å². The van der Waals surface area contributed by atoms with E-state index in [9.17, 15) is 13.2 Å². The Balaban J connectivity index is 2.13. The van der Waals surface area contributed by atoms with Gasteiger partial charge in [-0.05, 0) is 61.7 Å². The van der Waals surface area contributed by atoms with Gasteiger partial charge < -0.3 is 4.90 Å². The number of carbonyl (C=O) groups excluding carboxylic acids is 1. The minimum absolute atomic E-state index is 0.193. The van der Waals surface area contributed by atoms with Gasteiger partial charge in [-0.1, -0.05) is 29.8 Å². The molecule has 27 heavy (non-hydrogen) atoms. The van der Waals surface area contributed by atoms with Crippen LogP contribution in [-0.2, 0) is 21.4 Å². The number of aryl methyl sites for hydroxylation is 2. The summed E-state index contributed by atoms with van der Waals surface area (Å²) in [6.07, 6.45) is 0. The van der Waals surface area contributed by atoms with E-state index in [1.807, 2.05) is 32.9 Å². The smallest absolute Gasteiger partial charge is 0.243 e. The van der Waals surface area contributed by atoms with Gasteiger partial charge in [-0.25, -0.2) is 8.42 Å². The van der Waals surface area contributed by atoms with Crippen LogP contribution in [0.3, 0.4) is 0 Å². The SMILES string of the molecule is CCN(Cc1cccc(Cl)c1)C(=O)CN(C)S(=O)(=O)c1ccc(C)c(C)c1. The van der Waals surface area contributed by atoms with E-state index in [2.05, 4.69) is 0 Å². The number of halogens is 1. The molecule has 5 nitrogen and oxygen atoms in total. The topological polar surface area (TPSA) is 57.7 Å². The van der Waals surface area contributed by atoms with E-state index < -0.39 is 10.0 Å². The molecule has 0 fully saturated rings. The number of nitrogens with zero attached hydrogens (tertiary/aromatic N) is 2. The number of sulfonamides is 1. The van der Waals surface area contributed by atoms with Crippen LogP contribution in [0.1, 0.15) is 23.6 Å². The molecule has 1 amide bonds. The summed E-state index contributed by atoms with van der Waals surface area (Å²) in [4.78, 5) is 14.5. The molecule has 146 valence electrons. The van der Waals surface area contributed by atoms with Crippen molar-refractivity contribution in [2.24, 2.45) is 0 Å². The average molecular weight is 409 g/mol. The van der Waals surface area contributed by atoms with Gasteiger partial charge in [0.05, 0.1) is 11.4 Å². The molecular weight excluding hydrogens is 384 g/mol. The number of hydrogen-bond donors (Lipinski definition) is 0. The number of amides is 1. The zero-order chi connectivity index (χ0) is 20.2. The molecule has 2 aromatic carbocycles. The van der Waals surface area contributed by atoms with Crippen molar-refractivity contribution >= 4 is 27.5 Å². The van der Waals surface area contributed by atoms with Crippen molar-refractivity contribution in [2.75, 3.05) is 20.1 Å². The summed E-state index contributed by atoms with van der Waals surface area (Å²) < 4.78 is 26.7.